The quantitative estimate of drug-likeness (QED) is 0.292. The molecule has 0 fully saturated rings. The Balaban J connectivity index is 1.72. The average molecular weight is 416 g/mol. The summed E-state index contributed by atoms with van der Waals surface area (Å²) in [6.45, 7) is 0. The Morgan fingerprint density at radius 1 is 0.613 bits per heavy atom. The van der Waals surface area contributed by atoms with E-state index < -0.39 is 7.14 Å². The molecule has 0 radical (unpaired) electrons. The largest absolute Gasteiger partial charge is 0.455 e. The van der Waals surface area contributed by atoms with E-state index in [0.29, 0.717) is 0 Å². The van der Waals surface area contributed by atoms with Crippen molar-refractivity contribution in [3.8, 4) is 11.1 Å². The number of fused-ring (bicyclic) bond motifs is 9. The minimum atomic E-state index is -3.06. The zero-order valence-corrected chi connectivity index (χ0v) is 17.5. The summed E-state index contributed by atoms with van der Waals surface area (Å²) >= 11 is 0. The molecule has 1 atom stereocenters. The first-order valence-electron chi connectivity index (χ1n) is 10.4. The number of furan rings is 1. The molecule has 2 heterocycles. The van der Waals surface area contributed by atoms with Crippen LogP contribution in [0.15, 0.2) is 108 Å². The van der Waals surface area contributed by atoms with Gasteiger partial charge in [0.25, 0.3) is 0 Å². The number of hydrogen-bond acceptors (Lipinski definition) is 2. The van der Waals surface area contributed by atoms with Gasteiger partial charge in [-0.15, -0.1) is 0 Å². The molecule has 0 saturated heterocycles. The Labute approximate surface area is 179 Å². The van der Waals surface area contributed by atoms with Gasteiger partial charge in [-0.05, 0) is 34.5 Å². The molecule has 1 aromatic heterocycles. The first-order chi connectivity index (χ1) is 15.3. The maximum atomic E-state index is 15.1. The lowest BCUT2D eigenvalue weighted by molar-refractivity contribution is 0.593. The van der Waals surface area contributed by atoms with Crippen LogP contribution in [0, 0.1) is 0 Å². The van der Waals surface area contributed by atoms with E-state index in [0.717, 1.165) is 59.8 Å². The third-order valence-corrected chi connectivity index (χ3v) is 9.66. The second-order valence-electron chi connectivity index (χ2n) is 8.06. The van der Waals surface area contributed by atoms with Gasteiger partial charge in [-0.1, -0.05) is 84.9 Å². The maximum absolute atomic E-state index is 15.1. The maximum Gasteiger partial charge on any atom is 0.172 e. The van der Waals surface area contributed by atoms with Gasteiger partial charge >= 0.3 is 0 Å². The Hall–Kier alpha value is -3.61. The van der Waals surface area contributed by atoms with Gasteiger partial charge in [0.1, 0.15) is 11.2 Å². The fraction of sp³-hybridized carbons (Fsp3) is 0. The molecule has 2 nitrogen and oxygen atoms in total. The molecule has 0 saturated carbocycles. The molecule has 6 aromatic rings. The van der Waals surface area contributed by atoms with E-state index in [1.807, 2.05) is 60.7 Å². The minimum Gasteiger partial charge on any atom is -0.455 e. The lowest BCUT2D eigenvalue weighted by Crippen LogP contribution is -2.21. The van der Waals surface area contributed by atoms with Gasteiger partial charge in [0, 0.05) is 32.2 Å². The van der Waals surface area contributed by atoms with Crippen LogP contribution in [-0.4, -0.2) is 0 Å². The molecule has 0 N–H and O–H groups in total. The van der Waals surface area contributed by atoms with Crippen LogP contribution < -0.4 is 15.9 Å². The lowest BCUT2D eigenvalue weighted by atomic mass is 9.99. The second kappa shape index (κ2) is 5.97. The normalized spacial score (nSPS) is 17.3. The first-order valence-corrected chi connectivity index (χ1v) is 12.1. The molecular weight excluding hydrogens is 399 g/mol. The van der Waals surface area contributed by atoms with E-state index in [1.165, 1.54) is 0 Å². The van der Waals surface area contributed by atoms with Crippen molar-refractivity contribution in [2.24, 2.45) is 0 Å². The van der Waals surface area contributed by atoms with Gasteiger partial charge in [-0.25, -0.2) is 0 Å². The van der Waals surface area contributed by atoms with Crippen LogP contribution in [0.3, 0.4) is 0 Å². The van der Waals surface area contributed by atoms with Crippen LogP contribution in [0.4, 0.5) is 0 Å². The third kappa shape index (κ3) is 2.10. The number of rotatable bonds is 1. The summed E-state index contributed by atoms with van der Waals surface area (Å²) in [5.74, 6) is 0. The van der Waals surface area contributed by atoms with Crippen molar-refractivity contribution >= 4 is 55.8 Å². The van der Waals surface area contributed by atoms with Crippen molar-refractivity contribution < 1.29 is 8.98 Å². The summed E-state index contributed by atoms with van der Waals surface area (Å²) in [6, 6.07) is 34.6. The second-order valence-corrected chi connectivity index (χ2v) is 10.7. The third-order valence-electron chi connectivity index (χ3n) is 6.47. The van der Waals surface area contributed by atoms with Gasteiger partial charge in [0.15, 0.2) is 7.14 Å². The highest BCUT2D eigenvalue weighted by molar-refractivity contribution is 7.86. The highest BCUT2D eigenvalue weighted by Crippen LogP contribution is 2.55. The van der Waals surface area contributed by atoms with Crippen molar-refractivity contribution in [2.45, 2.75) is 0 Å². The summed E-state index contributed by atoms with van der Waals surface area (Å²) in [7, 11) is -3.06. The number of para-hydroxylation sites is 1. The highest BCUT2D eigenvalue weighted by atomic mass is 31.2. The fourth-order valence-corrected chi connectivity index (χ4v) is 8.38. The van der Waals surface area contributed by atoms with Gasteiger partial charge < -0.3 is 8.98 Å². The first kappa shape index (κ1) is 17.1. The molecule has 7 rings (SSSR count). The molecule has 1 aliphatic heterocycles. The van der Waals surface area contributed by atoms with E-state index in [4.69, 9.17) is 4.42 Å². The molecule has 1 aliphatic rings. The van der Waals surface area contributed by atoms with Crippen LogP contribution in [0.25, 0.3) is 43.8 Å². The molecule has 5 aromatic carbocycles. The van der Waals surface area contributed by atoms with E-state index in [-0.39, 0.29) is 0 Å². The summed E-state index contributed by atoms with van der Waals surface area (Å²) < 4.78 is 21.5. The molecule has 0 bridgehead atoms. The van der Waals surface area contributed by atoms with Gasteiger partial charge in [0.05, 0.1) is 0 Å². The Kier molecular flexibility index (Phi) is 3.29. The summed E-state index contributed by atoms with van der Waals surface area (Å²) in [4.78, 5) is 0. The summed E-state index contributed by atoms with van der Waals surface area (Å²) in [5.41, 5.74) is 3.67. The Morgan fingerprint density at radius 2 is 1.35 bits per heavy atom. The fourth-order valence-electron chi connectivity index (χ4n) is 5.12. The summed E-state index contributed by atoms with van der Waals surface area (Å²) in [6.07, 6.45) is 0. The van der Waals surface area contributed by atoms with Crippen molar-refractivity contribution in [3.63, 3.8) is 0 Å². The van der Waals surface area contributed by atoms with E-state index in [1.54, 1.807) is 0 Å². The van der Waals surface area contributed by atoms with E-state index in [9.17, 15) is 0 Å². The predicted molar refractivity (Wildman–Crippen MR) is 130 cm³/mol. The molecule has 0 amide bonds. The number of hydrogen-bond donors (Lipinski definition) is 0. The molecule has 146 valence electrons. The number of benzene rings is 5. The molecule has 0 aliphatic carbocycles. The van der Waals surface area contributed by atoms with Crippen LogP contribution >= 0.6 is 7.14 Å². The predicted octanol–water partition coefficient (Wildman–Crippen LogP) is 6.36. The van der Waals surface area contributed by atoms with Gasteiger partial charge in [-0.3, -0.25) is 0 Å². The Bertz CT molecular complexity index is 1710. The van der Waals surface area contributed by atoms with Crippen LogP contribution in [-0.2, 0) is 4.57 Å². The average Bonchev–Trinajstić information content (AvgIpc) is 3.34. The SMILES string of the molecule is O=P1(c2ccccc2)c2ccc3c(oc4ccccc43)c2-c2ccc3ccccc3c21. The lowest BCUT2D eigenvalue weighted by Gasteiger charge is -2.17. The van der Waals surface area contributed by atoms with Crippen molar-refractivity contribution in [3.05, 3.63) is 103 Å². The van der Waals surface area contributed by atoms with Crippen molar-refractivity contribution in [2.75, 3.05) is 0 Å². The highest BCUT2D eigenvalue weighted by Gasteiger charge is 2.43. The van der Waals surface area contributed by atoms with Crippen LogP contribution in [0.5, 0.6) is 0 Å². The molecule has 1 unspecified atom stereocenters. The minimum absolute atomic E-state index is 0.823. The monoisotopic (exact) mass is 416 g/mol. The topological polar surface area (TPSA) is 30.2 Å². The smallest absolute Gasteiger partial charge is 0.172 e. The van der Waals surface area contributed by atoms with Crippen LogP contribution in [0.2, 0.25) is 0 Å². The van der Waals surface area contributed by atoms with Crippen molar-refractivity contribution in [1.29, 1.82) is 0 Å². The summed E-state index contributed by atoms with van der Waals surface area (Å²) in [5, 5.41) is 6.97. The molecule has 0 spiro atoms. The standard InChI is InChI=1S/C28H17O2P/c29-31(19-9-2-1-3-10-19)25-17-16-22-21-12-6-7-13-24(21)30-27(22)26(25)23-15-14-18-8-4-5-11-20(18)28(23)31/h1-17H. The van der Waals surface area contributed by atoms with E-state index in [2.05, 4.69) is 42.5 Å². The van der Waals surface area contributed by atoms with E-state index >= 15 is 4.57 Å². The molecule has 31 heavy (non-hydrogen) atoms. The zero-order valence-electron chi connectivity index (χ0n) is 16.6. The van der Waals surface area contributed by atoms with Crippen molar-refractivity contribution in [1.82, 2.24) is 0 Å². The van der Waals surface area contributed by atoms with Crippen LogP contribution in [0.1, 0.15) is 0 Å². The van der Waals surface area contributed by atoms with Gasteiger partial charge in [0.2, 0.25) is 0 Å². The molecular formula is C28H17O2P. The zero-order chi connectivity index (χ0) is 20.6. The van der Waals surface area contributed by atoms with Gasteiger partial charge in [-0.2, -0.15) is 0 Å². The Morgan fingerprint density at radius 3 is 2.23 bits per heavy atom. The molecule has 3 heteroatoms.